The zero-order chi connectivity index (χ0) is 27.1. The maximum atomic E-state index is 15.6. The molecule has 2 aromatic carbocycles. The van der Waals surface area contributed by atoms with Crippen molar-refractivity contribution in [3.8, 4) is 5.75 Å². The van der Waals surface area contributed by atoms with Crippen LogP contribution in [0, 0.1) is 5.82 Å². The van der Waals surface area contributed by atoms with Crippen LogP contribution in [0.5, 0.6) is 5.75 Å². The molecule has 0 aromatic heterocycles. The topological polar surface area (TPSA) is 93.7 Å². The fourth-order valence-electron chi connectivity index (χ4n) is 3.04. The summed E-state index contributed by atoms with van der Waals surface area (Å²) in [7, 11) is 0. The number of nitrogens with one attached hydrogen (secondary N) is 2. The second kappa shape index (κ2) is 11.7. The Balaban J connectivity index is 2.46. The van der Waals surface area contributed by atoms with Gasteiger partial charge < -0.3 is 24.9 Å². The Kier molecular flexibility index (Phi) is 9.21. The number of halogens is 4. The van der Waals surface area contributed by atoms with Crippen molar-refractivity contribution in [1.82, 2.24) is 5.32 Å². The van der Waals surface area contributed by atoms with Crippen molar-refractivity contribution in [1.29, 1.82) is 0 Å². The Labute approximate surface area is 205 Å². The third-order valence-electron chi connectivity index (χ3n) is 4.61. The molecule has 0 aliphatic rings. The van der Waals surface area contributed by atoms with Gasteiger partial charge >= 0.3 is 18.2 Å². The summed E-state index contributed by atoms with van der Waals surface area (Å²) in [5.41, 5.74) is -1.29. The summed E-state index contributed by atoms with van der Waals surface area (Å²) in [4.78, 5) is 35.3. The first-order valence-corrected chi connectivity index (χ1v) is 10.7. The van der Waals surface area contributed by atoms with E-state index in [1.807, 2.05) is 0 Å². The van der Waals surface area contributed by atoms with Gasteiger partial charge in [-0.05, 0) is 43.5 Å². The highest BCUT2D eigenvalue weighted by Crippen LogP contribution is 2.36. The van der Waals surface area contributed by atoms with E-state index in [1.54, 1.807) is 51.1 Å². The molecule has 0 aliphatic carbocycles. The Morgan fingerprint density at radius 1 is 1.14 bits per heavy atom. The smallest absolute Gasteiger partial charge is 0.471 e. The lowest BCUT2D eigenvalue weighted by Gasteiger charge is -2.23. The molecule has 2 amide bonds. The van der Waals surface area contributed by atoms with Gasteiger partial charge in [0.05, 0.1) is 6.04 Å². The van der Waals surface area contributed by atoms with E-state index < -0.39 is 47.7 Å². The third kappa shape index (κ3) is 8.10. The predicted octanol–water partition coefficient (Wildman–Crippen LogP) is 5.18. The van der Waals surface area contributed by atoms with E-state index in [4.69, 9.17) is 9.47 Å². The number of hydrogen-bond donors (Lipinski definition) is 2. The highest BCUT2D eigenvalue weighted by molar-refractivity contribution is 5.96. The molecule has 2 N–H and O–H groups in total. The molecule has 0 radical (unpaired) electrons. The number of rotatable bonds is 9. The van der Waals surface area contributed by atoms with Gasteiger partial charge in [0.1, 0.15) is 29.9 Å². The average molecular weight is 510 g/mol. The highest BCUT2D eigenvalue weighted by Gasteiger charge is 2.40. The zero-order valence-electron chi connectivity index (χ0n) is 19.9. The number of hydrogen-bond acceptors (Lipinski definition) is 5. The quantitative estimate of drug-likeness (QED) is 0.358. The fourth-order valence-corrected chi connectivity index (χ4v) is 3.04. The number of carbonyl (C=O) groups is 3. The average Bonchev–Trinajstić information content (AvgIpc) is 2.78. The number of anilines is 1. The molecule has 1 atom stereocenters. The van der Waals surface area contributed by atoms with Gasteiger partial charge in [0.15, 0.2) is 5.82 Å². The van der Waals surface area contributed by atoms with Crippen LogP contribution in [0.15, 0.2) is 43.0 Å². The molecule has 0 saturated heterocycles. The highest BCUT2D eigenvalue weighted by atomic mass is 19.4. The van der Waals surface area contributed by atoms with Gasteiger partial charge in [0, 0.05) is 6.42 Å². The first kappa shape index (κ1) is 28.3. The Morgan fingerprint density at radius 3 is 2.31 bits per heavy atom. The van der Waals surface area contributed by atoms with E-state index in [2.05, 4.69) is 11.9 Å². The molecule has 0 spiro atoms. The summed E-state index contributed by atoms with van der Waals surface area (Å²) >= 11 is 0. The maximum Gasteiger partial charge on any atom is 0.471 e. The largest absolute Gasteiger partial charge is 0.487 e. The van der Waals surface area contributed by atoms with E-state index in [9.17, 15) is 27.6 Å². The van der Waals surface area contributed by atoms with Gasteiger partial charge in [-0.3, -0.25) is 4.79 Å². The first-order chi connectivity index (χ1) is 16.7. The van der Waals surface area contributed by atoms with Crippen molar-refractivity contribution in [2.24, 2.45) is 0 Å². The van der Waals surface area contributed by atoms with Crippen molar-refractivity contribution in [3.63, 3.8) is 0 Å². The van der Waals surface area contributed by atoms with Crippen molar-refractivity contribution in [2.45, 2.75) is 51.6 Å². The molecular formula is C25H26F4N2O5. The van der Waals surface area contributed by atoms with Crippen molar-refractivity contribution in [3.05, 3.63) is 65.5 Å². The SMILES string of the molecule is C=Cc1cc(OCc2ccccc2)c(NC(=O)C(F)(F)F)c(F)c1C[C@@H](C=O)NC(=O)OC(C)(C)C. The molecule has 0 fully saturated rings. The van der Waals surface area contributed by atoms with Gasteiger partial charge in [-0.25, -0.2) is 9.18 Å². The minimum Gasteiger partial charge on any atom is -0.487 e. The second-order valence-electron chi connectivity index (χ2n) is 8.65. The van der Waals surface area contributed by atoms with E-state index in [1.165, 1.54) is 17.5 Å². The monoisotopic (exact) mass is 510 g/mol. The van der Waals surface area contributed by atoms with E-state index in [0.717, 1.165) is 0 Å². The number of amides is 2. The molecule has 2 aromatic rings. The molecule has 0 bridgehead atoms. The van der Waals surface area contributed by atoms with E-state index in [-0.39, 0.29) is 23.5 Å². The van der Waals surface area contributed by atoms with Gasteiger partial charge in [-0.1, -0.05) is 43.0 Å². The van der Waals surface area contributed by atoms with Crippen LogP contribution in [0.3, 0.4) is 0 Å². The zero-order valence-corrected chi connectivity index (χ0v) is 19.9. The molecular weight excluding hydrogens is 484 g/mol. The van der Waals surface area contributed by atoms with Crippen LogP contribution >= 0.6 is 0 Å². The minimum absolute atomic E-state index is 0.0819. The predicted molar refractivity (Wildman–Crippen MR) is 125 cm³/mol. The second-order valence-corrected chi connectivity index (χ2v) is 8.65. The lowest BCUT2D eigenvalue weighted by Crippen LogP contribution is -2.41. The first-order valence-electron chi connectivity index (χ1n) is 10.7. The van der Waals surface area contributed by atoms with Crippen LogP contribution in [0.4, 0.5) is 28.0 Å². The van der Waals surface area contributed by atoms with Crippen LogP contribution in [-0.4, -0.2) is 36.1 Å². The molecule has 7 nitrogen and oxygen atoms in total. The van der Waals surface area contributed by atoms with Crippen LogP contribution < -0.4 is 15.4 Å². The summed E-state index contributed by atoms with van der Waals surface area (Å²) in [6.07, 6.45) is -5.19. The molecule has 0 saturated carbocycles. The molecule has 0 unspecified atom stereocenters. The summed E-state index contributed by atoms with van der Waals surface area (Å²) in [6, 6.07) is 8.43. The maximum absolute atomic E-state index is 15.6. The molecule has 11 heteroatoms. The van der Waals surface area contributed by atoms with E-state index in [0.29, 0.717) is 11.8 Å². The number of carbonyl (C=O) groups excluding carboxylic acids is 3. The fraction of sp³-hybridized carbons (Fsp3) is 0.320. The lowest BCUT2D eigenvalue weighted by atomic mass is 9.98. The van der Waals surface area contributed by atoms with Gasteiger partial charge in [0.25, 0.3) is 0 Å². The Hall–Kier alpha value is -3.89. The molecule has 36 heavy (non-hydrogen) atoms. The molecule has 2 rings (SSSR count). The number of ether oxygens (including phenoxy) is 2. The van der Waals surface area contributed by atoms with Crippen molar-refractivity contribution < 1.29 is 41.4 Å². The van der Waals surface area contributed by atoms with E-state index >= 15 is 4.39 Å². The summed E-state index contributed by atoms with van der Waals surface area (Å²) in [6.45, 7) is 8.23. The van der Waals surface area contributed by atoms with Crippen LogP contribution in [-0.2, 0) is 27.4 Å². The lowest BCUT2D eigenvalue weighted by molar-refractivity contribution is -0.167. The summed E-state index contributed by atoms with van der Waals surface area (Å²) < 4.78 is 65.0. The Morgan fingerprint density at radius 2 is 1.78 bits per heavy atom. The molecule has 194 valence electrons. The van der Waals surface area contributed by atoms with Crippen molar-refractivity contribution in [2.75, 3.05) is 5.32 Å². The Bertz CT molecular complexity index is 1110. The van der Waals surface area contributed by atoms with Crippen LogP contribution in [0.1, 0.15) is 37.5 Å². The number of benzene rings is 2. The van der Waals surface area contributed by atoms with Gasteiger partial charge in [0.2, 0.25) is 0 Å². The van der Waals surface area contributed by atoms with Gasteiger partial charge in [-0.15, -0.1) is 0 Å². The van der Waals surface area contributed by atoms with Crippen LogP contribution in [0.2, 0.25) is 0 Å². The van der Waals surface area contributed by atoms with Crippen LogP contribution in [0.25, 0.3) is 6.08 Å². The normalized spacial score (nSPS) is 12.3. The minimum atomic E-state index is -5.30. The molecule has 0 aliphatic heterocycles. The van der Waals surface area contributed by atoms with Gasteiger partial charge in [-0.2, -0.15) is 13.2 Å². The number of alkyl carbamates (subject to hydrolysis) is 1. The summed E-state index contributed by atoms with van der Waals surface area (Å²) in [5.74, 6) is -4.07. The van der Waals surface area contributed by atoms with Crippen molar-refractivity contribution >= 4 is 30.0 Å². The standard InChI is InChI=1S/C25H26F4N2O5/c1-5-16-11-19(35-14-15-9-7-6-8-10-15)21(31-22(33)25(27,28)29)20(26)18(16)12-17(13-32)30-23(34)36-24(2,3)4/h5-11,13,17H,1,12,14H2,2-4H3,(H,30,34)(H,31,33)/t17-/m0/s1. The number of aldehydes is 1. The number of alkyl halides is 3. The third-order valence-corrected chi connectivity index (χ3v) is 4.61. The molecule has 0 heterocycles. The summed E-state index contributed by atoms with van der Waals surface area (Å²) in [5, 5.41) is 3.78.